The molecule has 0 aliphatic rings. The fourth-order valence-corrected chi connectivity index (χ4v) is 2.15. The van der Waals surface area contributed by atoms with Crippen molar-refractivity contribution in [2.75, 3.05) is 27.2 Å². The molecule has 6 heteroatoms. The summed E-state index contributed by atoms with van der Waals surface area (Å²) >= 11 is 3.03. The Bertz CT molecular complexity index is 464. The van der Waals surface area contributed by atoms with Crippen LogP contribution in [-0.2, 0) is 0 Å². The topological polar surface area (TPSA) is 52.6 Å². The molecule has 1 rings (SSSR count). The number of carbonyl (C=O) groups is 1. The molecule has 1 unspecified atom stereocenters. The SMILES string of the molecule is CN(C)CC(C)(O)CNC(=O)c1cccc(Br)c1F. The summed E-state index contributed by atoms with van der Waals surface area (Å²) in [5.74, 6) is -1.15. The summed E-state index contributed by atoms with van der Waals surface area (Å²) in [6, 6.07) is 4.50. The molecule has 0 saturated carbocycles. The van der Waals surface area contributed by atoms with Crippen molar-refractivity contribution < 1.29 is 14.3 Å². The van der Waals surface area contributed by atoms with Gasteiger partial charge in [0.05, 0.1) is 15.6 Å². The molecule has 2 N–H and O–H groups in total. The molecule has 0 bridgehead atoms. The first kappa shape index (κ1) is 16.1. The van der Waals surface area contributed by atoms with Crippen molar-refractivity contribution in [2.24, 2.45) is 0 Å². The molecule has 4 nitrogen and oxygen atoms in total. The predicted octanol–water partition coefficient (Wildman–Crippen LogP) is 1.63. The molecule has 1 aromatic rings. The van der Waals surface area contributed by atoms with Gasteiger partial charge < -0.3 is 15.3 Å². The fourth-order valence-electron chi connectivity index (χ4n) is 1.78. The van der Waals surface area contributed by atoms with Crippen LogP contribution in [-0.4, -0.2) is 48.7 Å². The maximum atomic E-state index is 13.7. The van der Waals surface area contributed by atoms with Gasteiger partial charge in [0, 0.05) is 13.1 Å². The van der Waals surface area contributed by atoms with Gasteiger partial charge in [-0.05, 0) is 49.1 Å². The van der Waals surface area contributed by atoms with Gasteiger partial charge >= 0.3 is 0 Å². The molecular formula is C13H18BrFN2O2. The average Bonchev–Trinajstić information content (AvgIpc) is 2.28. The molecule has 0 aliphatic heterocycles. The Balaban J connectivity index is 2.68. The number of hydrogen-bond donors (Lipinski definition) is 2. The Hall–Kier alpha value is -0.980. The van der Waals surface area contributed by atoms with Crippen LogP contribution in [0.3, 0.4) is 0 Å². The van der Waals surface area contributed by atoms with E-state index in [-0.39, 0.29) is 16.6 Å². The van der Waals surface area contributed by atoms with Gasteiger partial charge in [-0.2, -0.15) is 0 Å². The highest BCUT2D eigenvalue weighted by atomic mass is 79.9. The first-order valence-corrected chi connectivity index (χ1v) is 6.61. The molecule has 0 aliphatic carbocycles. The lowest BCUT2D eigenvalue weighted by atomic mass is 10.1. The third-order valence-electron chi connectivity index (χ3n) is 2.48. The number of amides is 1. The molecule has 0 fully saturated rings. The van der Waals surface area contributed by atoms with Crippen molar-refractivity contribution >= 4 is 21.8 Å². The standard InChI is InChI=1S/C13H18BrFN2O2/c1-13(19,8-17(2)3)7-16-12(18)9-5-4-6-10(14)11(9)15/h4-6,19H,7-8H2,1-3H3,(H,16,18). The van der Waals surface area contributed by atoms with Crippen LogP contribution in [0.2, 0.25) is 0 Å². The molecule has 19 heavy (non-hydrogen) atoms. The Morgan fingerprint density at radius 1 is 1.53 bits per heavy atom. The molecule has 106 valence electrons. The number of likely N-dealkylation sites (N-methyl/N-ethyl adjacent to an activating group) is 1. The molecule has 1 aromatic carbocycles. The highest BCUT2D eigenvalue weighted by molar-refractivity contribution is 9.10. The number of nitrogens with zero attached hydrogens (tertiary/aromatic N) is 1. The summed E-state index contributed by atoms with van der Waals surface area (Å²) in [4.78, 5) is 13.7. The number of benzene rings is 1. The zero-order valence-corrected chi connectivity index (χ0v) is 12.8. The molecule has 0 saturated heterocycles. The molecule has 0 spiro atoms. The van der Waals surface area contributed by atoms with Crippen molar-refractivity contribution in [3.8, 4) is 0 Å². The van der Waals surface area contributed by atoms with Gasteiger partial charge in [0.25, 0.3) is 5.91 Å². The van der Waals surface area contributed by atoms with Crippen molar-refractivity contribution in [2.45, 2.75) is 12.5 Å². The fraction of sp³-hybridized carbons (Fsp3) is 0.462. The summed E-state index contributed by atoms with van der Waals surface area (Å²) in [7, 11) is 3.65. The maximum absolute atomic E-state index is 13.7. The zero-order chi connectivity index (χ0) is 14.6. The van der Waals surface area contributed by atoms with E-state index in [4.69, 9.17) is 0 Å². The van der Waals surface area contributed by atoms with Gasteiger partial charge in [0.1, 0.15) is 5.82 Å². The van der Waals surface area contributed by atoms with Crippen LogP contribution in [0.15, 0.2) is 22.7 Å². The monoisotopic (exact) mass is 332 g/mol. The van der Waals surface area contributed by atoms with Crippen LogP contribution in [0, 0.1) is 5.82 Å². The first-order valence-electron chi connectivity index (χ1n) is 5.82. The van der Waals surface area contributed by atoms with Crippen LogP contribution in [0.1, 0.15) is 17.3 Å². The van der Waals surface area contributed by atoms with Crippen LogP contribution in [0.5, 0.6) is 0 Å². The van der Waals surface area contributed by atoms with Crippen molar-refractivity contribution in [3.05, 3.63) is 34.1 Å². The van der Waals surface area contributed by atoms with Crippen LogP contribution < -0.4 is 5.32 Å². The summed E-state index contributed by atoms with van der Waals surface area (Å²) in [6.07, 6.45) is 0. The summed E-state index contributed by atoms with van der Waals surface area (Å²) in [5, 5.41) is 12.6. The second-order valence-corrected chi connectivity index (χ2v) is 5.87. The first-order chi connectivity index (χ1) is 8.73. The molecular weight excluding hydrogens is 315 g/mol. The van der Waals surface area contributed by atoms with Crippen LogP contribution >= 0.6 is 15.9 Å². The van der Waals surface area contributed by atoms with E-state index in [1.54, 1.807) is 13.0 Å². The maximum Gasteiger partial charge on any atom is 0.254 e. The minimum absolute atomic E-state index is 0.0463. The smallest absolute Gasteiger partial charge is 0.254 e. The van der Waals surface area contributed by atoms with E-state index in [2.05, 4.69) is 21.2 Å². The second-order valence-electron chi connectivity index (χ2n) is 5.02. The van der Waals surface area contributed by atoms with E-state index in [0.717, 1.165) is 0 Å². The molecule has 0 radical (unpaired) electrons. The normalized spacial score (nSPS) is 14.3. The lowest BCUT2D eigenvalue weighted by molar-refractivity contribution is 0.0325. The van der Waals surface area contributed by atoms with E-state index in [9.17, 15) is 14.3 Å². The number of halogens is 2. The van der Waals surface area contributed by atoms with Gasteiger partial charge in [0.15, 0.2) is 0 Å². The Morgan fingerprint density at radius 3 is 2.74 bits per heavy atom. The Kier molecular flexibility index (Phi) is 5.46. The van der Waals surface area contributed by atoms with Crippen molar-refractivity contribution in [1.82, 2.24) is 10.2 Å². The Labute approximate surface area is 120 Å². The number of hydrogen-bond acceptors (Lipinski definition) is 3. The van der Waals surface area contributed by atoms with Gasteiger partial charge in [0.2, 0.25) is 0 Å². The average molecular weight is 333 g/mol. The van der Waals surface area contributed by atoms with E-state index in [1.807, 2.05) is 19.0 Å². The summed E-state index contributed by atoms with van der Waals surface area (Å²) in [6.45, 7) is 2.06. The van der Waals surface area contributed by atoms with Crippen LogP contribution in [0.4, 0.5) is 4.39 Å². The molecule has 1 atom stereocenters. The molecule has 1 amide bonds. The number of rotatable bonds is 5. The second kappa shape index (κ2) is 6.45. The molecule has 0 aromatic heterocycles. The third-order valence-corrected chi connectivity index (χ3v) is 3.10. The van der Waals surface area contributed by atoms with Crippen molar-refractivity contribution in [1.29, 1.82) is 0 Å². The third kappa shape index (κ3) is 4.89. The number of carbonyl (C=O) groups excluding carboxylic acids is 1. The predicted molar refractivity (Wildman–Crippen MR) is 75.6 cm³/mol. The highest BCUT2D eigenvalue weighted by Gasteiger charge is 2.23. The zero-order valence-electron chi connectivity index (χ0n) is 11.2. The summed E-state index contributed by atoms with van der Waals surface area (Å²) in [5.41, 5.74) is -1.11. The highest BCUT2D eigenvalue weighted by Crippen LogP contribution is 2.18. The van der Waals surface area contributed by atoms with Crippen LogP contribution in [0.25, 0.3) is 0 Å². The number of nitrogens with one attached hydrogen (secondary N) is 1. The Morgan fingerprint density at radius 2 is 2.16 bits per heavy atom. The minimum Gasteiger partial charge on any atom is -0.387 e. The van der Waals surface area contributed by atoms with E-state index in [1.165, 1.54) is 12.1 Å². The lowest BCUT2D eigenvalue weighted by Crippen LogP contribution is -2.47. The largest absolute Gasteiger partial charge is 0.387 e. The number of aliphatic hydroxyl groups is 1. The lowest BCUT2D eigenvalue weighted by Gasteiger charge is -2.27. The van der Waals surface area contributed by atoms with Crippen molar-refractivity contribution in [3.63, 3.8) is 0 Å². The van der Waals surface area contributed by atoms with E-state index in [0.29, 0.717) is 6.54 Å². The van der Waals surface area contributed by atoms with Gasteiger partial charge in [-0.15, -0.1) is 0 Å². The quantitative estimate of drug-likeness (QED) is 0.861. The summed E-state index contributed by atoms with van der Waals surface area (Å²) < 4.78 is 13.9. The van der Waals surface area contributed by atoms with Gasteiger partial charge in [-0.25, -0.2) is 4.39 Å². The van der Waals surface area contributed by atoms with Gasteiger partial charge in [-0.1, -0.05) is 6.07 Å². The molecule has 0 heterocycles. The van der Waals surface area contributed by atoms with E-state index >= 15 is 0 Å². The minimum atomic E-state index is -1.07. The van der Waals surface area contributed by atoms with Gasteiger partial charge in [-0.3, -0.25) is 4.79 Å². The van der Waals surface area contributed by atoms with E-state index < -0.39 is 17.3 Å².